The van der Waals surface area contributed by atoms with Crippen LogP contribution in [0.4, 0.5) is 0 Å². The summed E-state index contributed by atoms with van der Waals surface area (Å²) in [5.74, 6) is -8.14. The summed E-state index contributed by atoms with van der Waals surface area (Å²) in [5.41, 5.74) is -3.99. The molecule has 29 nitrogen and oxygen atoms in total. The average Bonchev–Trinajstić information content (AvgIpc) is 1.37. The zero-order valence-corrected chi connectivity index (χ0v) is 55.8. The Bertz CT molecular complexity index is 3850. The van der Waals surface area contributed by atoms with Gasteiger partial charge in [-0.25, -0.2) is 29.7 Å². The summed E-state index contributed by atoms with van der Waals surface area (Å²) >= 11 is 3.92. The second-order valence-corrected chi connectivity index (χ2v) is 27.3. The molecule has 5 aliphatic rings. The van der Waals surface area contributed by atoms with Gasteiger partial charge < -0.3 is 67.7 Å². The van der Waals surface area contributed by atoms with Crippen LogP contribution in [0.3, 0.4) is 0 Å². The molecule has 15 unspecified atom stereocenters. The lowest BCUT2D eigenvalue weighted by Gasteiger charge is -2.44. The average molecular weight is 1370 g/mol. The SMILES string of the molecule is C=C1CCC23NC(=O)C(C)NC(=O)C(=C)NC(=O)C(C)NC(=O)C(C(C)CC)NC4C=Cc5c(C(C)O)cc(nc5C4O)C(=O)OC(C)C(NC(=O)c4csc(n4)C(C(C)(O)C(C)O)NC(=O)C4CSC(=N4)C(=CC)NC(=O)C=NC(=O)c4csc2n4)c2nc(cs2)C3N1. The van der Waals surface area contributed by atoms with Crippen LogP contribution >= 0.6 is 45.8 Å². The van der Waals surface area contributed by atoms with Gasteiger partial charge in [0.15, 0.2) is 0 Å². The number of hydrogen-bond acceptors (Lipinski definition) is 25. The van der Waals surface area contributed by atoms with E-state index in [-0.39, 0.29) is 84.0 Å². The van der Waals surface area contributed by atoms with Gasteiger partial charge in [0.1, 0.15) is 90.7 Å². The number of rotatable bonds is 5. The molecule has 0 radical (unpaired) electrons. The number of amides is 8. The van der Waals surface area contributed by atoms with E-state index < -0.39 is 149 Å². The number of aliphatic hydroxyl groups is 4. The number of ether oxygens (including phenoxy) is 1. The molecule has 1 aliphatic carbocycles. The fourth-order valence-corrected chi connectivity index (χ4v) is 14.8. The highest BCUT2D eigenvalue weighted by Crippen LogP contribution is 2.46. The summed E-state index contributed by atoms with van der Waals surface area (Å²) in [6.45, 7) is 21.4. The lowest BCUT2D eigenvalue weighted by Crippen LogP contribution is -2.60. The van der Waals surface area contributed by atoms with E-state index in [1.807, 2.05) is 6.92 Å². The molecule has 33 heteroatoms. The molecule has 0 spiro atoms. The molecule has 8 heterocycles. The van der Waals surface area contributed by atoms with E-state index in [1.54, 1.807) is 31.4 Å². The van der Waals surface area contributed by atoms with Crippen molar-refractivity contribution in [2.24, 2.45) is 15.9 Å². The maximum absolute atomic E-state index is 14.9. The van der Waals surface area contributed by atoms with Gasteiger partial charge in [-0.3, -0.25) is 48.7 Å². The number of pyridine rings is 1. The van der Waals surface area contributed by atoms with Crippen LogP contribution in [0.25, 0.3) is 6.08 Å². The highest BCUT2D eigenvalue weighted by Gasteiger charge is 2.50. The Hall–Kier alpha value is -8.28. The van der Waals surface area contributed by atoms with Crippen molar-refractivity contribution in [3.63, 3.8) is 0 Å². The predicted octanol–water partition coefficient (Wildman–Crippen LogP) is 2.30. The van der Waals surface area contributed by atoms with E-state index in [1.165, 1.54) is 64.4 Å². The Labute approximate surface area is 555 Å². The van der Waals surface area contributed by atoms with Crippen LogP contribution in [0.1, 0.15) is 181 Å². The van der Waals surface area contributed by atoms with E-state index in [0.717, 1.165) is 52.0 Å². The van der Waals surface area contributed by atoms with Crippen molar-refractivity contribution in [2.75, 3.05) is 5.75 Å². The second-order valence-electron chi connectivity index (χ2n) is 23.6. The molecular formula is C61H73N15O14S4. The fourth-order valence-electron chi connectivity index (χ4n) is 10.8. The summed E-state index contributed by atoms with van der Waals surface area (Å²) in [4.78, 5) is 155. The van der Waals surface area contributed by atoms with E-state index in [9.17, 15) is 63.6 Å². The number of hydrogen-bond donors (Lipinski definition) is 13. The van der Waals surface area contributed by atoms with Crippen molar-refractivity contribution >= 4 is 116 Å². The quantitative estimate of drug-likeness (QED) is 0.101. The summed E-state index contributed by atoms with van der Waals surface area (Å²) < 4.78 is 6.20. The third-order valence-corrected chi connectivity index (χ3v) is 20.7. The summed E-state index contributed by atoms with van der Waals surface area (Å²) in [5, 5.41) is 76.3. The highest BCUT2D eigenvalue weighted by atomic mass is 32.2. The molecule has 13 bridgehead atoms. The summed E-state index contributed by atoms with van der Waals surface area (Å²) in [7, 11) is 0. The number of aliphatic hydroxyl groups excluding tert-OH is 3. The normalized spacial score (nSPS) is 29.1. The number of esters is 1. The van der Waals surface area contributed by atoms with Crippen molar-refractivity contribution in [1.82, 2.24) is 67.8 Å². The van der Waals surface area contributed by atoms with Crippen LogP contribution < -0.4 is 47.9 Å². The molecule has 4 aromatic rings. The van der Waals surface area contributed by atoms with Crippen molar-refractivity contribution < 1.29 is 68.3 Å². The highest BCUT2D eigenvalue weighted by molar-refractivity contribution is 8.14. The molecule has 13 N–H and O–H groups in total. The minimum Gasteiger partial charge on any atom is -0.455 e. The number of cyclic esters (lactones) is 1. The van der Waals surface area contributed by atoms with E-state index >= 15 is 0 Å². The molecule has 94 heavy (non-hydrogen) atoms. The first-order valence-corrected chi connectivity index (χ1v) is 33.7. The van der Waals surface area contributed by atoms with E-state index in [0.29, 0.717) is 12.1 Å². The molecule has 4 aliphatic heterocycles. The van der Waals surface area contributed by atoms with Gasteiger partial charge in [0.05, 0.1) is 59.3 Å². The Morgan fingerprint density at radius 2 is 1.53 bits per heavy atom. The molecule has 1 fully saturated rings. The number of piperidine rings is 1. The number of thioether (sulfide) groups is 1. The molecule has 0 saturated carbocycles. The number of aromatic nitrogens is 4. The lowest BCUT2D eigenvalue weighted by molar-refractivity contribution is -0.131. The van der Waals surface area contributed by atoms with Gasteiger partial charge in [0.25, 0.3) is 23.6 Å². The van der Waals surface area contributed by atoms with Gasteiger partial charge in [-0.2, -0.15) is 0 Å². The number of carbonyl (C=O) groups excluding carboxylic acids is 9. The van der Waals surface area contributed by atoms with Gasteiger partial charge in [-0.1, -0.05) is 51.7 Å². The lowest BCUT2D eigenvalue weighted by atomic mass is 9.80. The largest absolute Gasteiger partial charge is 0.455 e. The molecule has 15 atom stereocenters. The Balaban J connectivity index is 1.20. The topological polar surface area (TPSA) is 428 Å². The molecule has 8 amide bonds. The fraction of sp³-hybridized carbons (Fsp3) is 0.459. The molecule has 0 aromatic carbocycles. The standard InChI is InChI=1S/C61H73N15O14S4/c1-12-24(3)42-54(87)66-27(6)49(82)64-26(5)48(81)65-28(7)50(83)76-61-17-16-25(4)63-46(61)37-20-92-56(70-37)43(30(9)90-58(88)36-18-33(29(8)77)32-14-15-35(68-42)45(80)44(32)69-36)74-52(85)39-22-93-57(72-39)47(60(11,89)31(10)78)75-53(86)40-21-91-55(71-40)34(13-2)67-41(79)19-62-51(84)38-23-94-59(61)73-38/h13-15,18-20,22-24,27-31,35,40,42-43,45-47,63,68,77-78,80,89H,4-5,12,16-17,21H2,1-3,6-11H3,(H,64,82)(H,65,81)(H,66,87)(H,67,79)(H,74,85)(H,75,86)(H,76,83). The van der Waals surface area contributed by atoms with E-state index in [2.05, 4.69) is 81.0 Å². The number of nitrogens with one attached hydrogen (secondary N) is 9. The van der Waals surface area contributed by atoms with Gasteiger partial charge in [-0.15, -0.1) is 45.8 Å². The van der Waals surface area contributed by atoms with Crippen LogP contribution in [0.5, 0.6) is 0 Å². The Morgan fingerprint density at radius 3 is 2.23 bits per heavy atom. The zero-order valence-electron chi connectivity index (χ0n) is 52.6. The second kappa shape index (κ2) is 28.7. The van der Waals surface area contributed by atoms with Crippen molar-refractivity contribution in [3.05, 3.63) is 119 Å². The minimum atomic E-state index is -2.11. The third-order valence-electron chi connectivity index (χ3n) is 16.8. The number of aliphatic imine (C=N–C) groups is 2. The van der Waals surface area contributed by atoms with Crippen molar-refractivity contribution in [1.29, 1.82) is 0 Å². The van der Waals surface area contributed by atoms with Crippen molar-refractivity contribution in [3.8, 4) is 0 Å². The molecule has 1 saturated heterocycles. The third kappa shape index (κ3) is 14.8. The Kier molecular flexibility index (Phi) is 21.4. The molecule has 4 aromatic heterocycles. The first kappa shape index (κ1) is 70.0. The monoisotopic (exact) mass is 1370 g/mol. The number of allylic oxidation sites excluding steroid dienone is 2. The zero-order chi connectivity index (χ0) is 68.4. The van der Waals surface area contributed by atoms with Gasteiger partial charge >= 0.3 is 5.97 Å². The van der Waals surface area contributed by atoms with Gasteiger partial charge in [-0.05, 0) is 78.9 Å². The maximum atomic E-state index is 14.9. The summed E-state index contributed by atoms with van der Waals surface area (Å²) in [6.07, 6.45) is 0.377. The number of nitrogens with zero attached hydrogens (tertiary/aromatic N) is 6. The van der Waals surface area contributed by atoms with Gasteiger partial charge in [0, 0.05) is 33.2 Å². The van der Waals surface area contributed by atoms with Crippen LogP contribution in [0, 0.1) is 5.92 Å². The van der Waals surface area contributed by atoms with Crippen LogP contribution in [0.2, 0.25) is 0 Å². The molecular weight excluding hydrogens is 1300 g/mol. The molecule has 500 valence electrons. The Morgan fingerprint density at radius 1 is 0.819 bits per heavy atom. The van der Waals surface area contributed by atoms with E-state index in [4.69, 9.17) is 14.7 Å². The number of fused-ring (bicyclic) bond motifs is 7. The smallest absolute Gasteiger partial charge is 0.357 e. The van der Waals surface area contributed by atoms with Crippen molar-refractivity contribution in [2.45, 2.75) is 165 Å². The van der Waals surface area contributed by atoms with Crippen LogP contribution in [0.15, 0.2) is 74.6 Å². The minimum absolute atomic E-state index is 0.0153. The molecule has 9 rings (SSSR count). The van der Waals surface area contributed by atoms with Gasteiger partial charge in [0.2, 0.25) is 23.6 Å². The summed E-state index contributed by atoms with van der Waals surface area (Å²) in [6, 6.07) is -8.58. The maximum Gasteiger partial charge on any atom is 0.357 e. The number of thiazole rings is 3. The van der Waals surface area contributed by atoms with Crippen LogP contribution in [-0.2, 0) is 39.0 Å². The first-order valence-electron chi connectivity index (χ1n) is 30.0. The predicted molar refractivity (Wildman–Crippen MR) is 349 cm³/mol. The first-order chi connectivity index (χ1) is 44.4. The van der Waals surface area contributed by atoms with Crippen LogP contribution in [-0.4, -0.2) is 159 Å². The number of carbonyl (C=O) groups is 9.